The molecule has 1 aliphatic rings. The molecule has 5 rings (SSSR count). The fraction of sp³-hybridized carbons (Fsp3) is 0.273. The number of pyridine rings is 1. The monoisotopic (exact) mass is 419 g/mol. The summed E-state index contributed by atoms with van der Waals surface area (Å²) in [4.78, 5) is 28.1. The molecule has 0 aliphatic carbocycles. The Balaban J connectivity index is 1.50. The van der Waals surface area contributed by atoms with E-state index in [0.717, 1.165) is 30.7 Å². The lowest BCUT2D eigenvalue weighted by Crippen LogP contribution is -2.49. The number of hydrogen-bond acceptors (Lipinski definition) is 6. The predicted molar refractivity (Wildman–Crippen MR) is 117 cm³/mol. The maximum Gasteiger partial charge on any atom is 0.257 e. The molecule has 4 heterocycles. The molecule has 1 aliphatic heterocycles. The van der Waals surface area contributed by atoms with Crippen LogP contribution in [0.1, 0.15) is 23.0 Å². The van der Waals surface area contributed by atoms with Gasteiger partial charge in [0.25, 0.3) is 5.91 Å². The summed E-state index contributed by atoms with van der Waals surface area (Å²) < 4.78 is 16.0. The summed E-state index contributed by atoms with van der Waals surface area (Å²) in [6.07, 6.45) is 6.52. The van der Waals surface area contributed by atoms with Crippen molar-refractivity contribution >= 4 is 33.8 Å². The lowest BCUT2D eigenvalue weighted by Gasteiger charge is -2.34. The quantitative estimate of drug-likeness (QED) is 0.531. The van der Waals surface area contributed by atoms with Crippen LogP contribution in [0.15, 0.2) is 43.1 Å². The molecule has 1 unspecified atom stereocenters. The van der Waals surface area contributed by atoms with Crippen LogP contribution in [0, 0.1) is 12.7 Å². The van der Waals surface area contributed by atoms with Crippen LogP contribution in [0.4, 0.5) is 15.8 Å². The summed E-state index contributed by atoms with van der Waals surface area (Å²) >= 11 is 0. The lowest BCUT2D eigenvalue weighted by atomic mass is 10.1. The van der Waals surface area contributed by atoms with Gasteiger partial charge in [0.05, 0.1) is 22.5 Å². The van der Waals surface area contributed by atoms with E-state index < -0.39 is 5.82 Å². The molecular weight excluding hydrogens is 397 g/mol. The standard InChI is InChI=1S/C22H22FN7O/c1-13-9-29(6-5-25-13)19-4-3-16(20-17(19)8-24-12-26-20)22(31)28-15-7-18(23)21-27-14(2)10-30(21)11-15/h3-4,7-8,10-13,25H,5-6,9H2,1-2H3,(H,28,31). The van der Waals surface area contributed by atoms with Gasteiger partial charge in [-0.1, -0.05) is 0 Å². The molecule has 1 saturated heterocycles. The van der Waals surface area contributed by atoms with Crippen molar-refractivity contribution in [2.75, 3.05) is 29.9 Å². The molecule has 4 aromatic rings. The second-order valence-electron chi connectivity index (χ2n) is 7.86. The van der Waals surface area contributed by atoms with Gasteiger partial charge < -0.3 is 19.9 Å². The maximum absolute atomic E-state index is 14.4. The average Bonchev–Trinajstić information content (AvgIpc) is 3.13. The Labute approximate surface area is 178 Å². The SMILES string of the molecule is Cc1cn2cc(NC(=O)c3ccc(N4CCNC(C)C4)c4cncnc34)cc(F)c2n1. The first-order valence-electron chi connectivity index (χ1n) is 10.2. The van der Waals surface area contributed by atoms with Gasteiger partial charge in [0, 0.05) is 61.4 Å². The maximum atomic E-state index is 14.4. The average molecular weight is 419 g/mol. The number of amides is 1. The van der Waals surface area contributed by atoms with E-state index in [2.05, 4.69) is 37.4 Å². The van der Waals surface area contributed by atoms with Crippen LogP contribution in [0.25, 0.3) is 16.6 Å². The van der Waals surface area contributed by atoms with Gasteiger partial charge in [-0.3, -0.25) is 4.79 Å². The number of benzene rings is 1. The molecule has 158 valence electrons. The molecule has 2 N–H and O–H groups in total. The molecule has 8 nitrogen and oxygen atoms in total. The zero-order chi connectivity index (χ0) is 21.5. The number of carbonyl (C=O) groups is 1. The first-order valence-corrected chi connectivity index (χ1v) is 10.2. The largest absolute Gasteiger partial charge is 0.368 e. The summed E-state index contributed by atoms with van der Waals surface area (Å²) in [5, 5.41) is 7.03. The van der Waals surface area contributed by atoms with E-state index >= 15 is 0 Å². The second kappa shape index (κ2) is 7.59. The zero-order valence-corrected chi connectivity index (χ0v) is 17.3. The van der Waals surface area contributed by atoms with E-state index in [1.165, 1.54) is 12.4 Å². The summed E-state index contributed by atoms with van der Waals surface area (Å²) in [5.41, 5.74) is 3.24. The van der Waals surface area contributed by atoms with Crippen molar-refractivity contribution in [3.05, 3.63) is 60.2 Å². The number of carbonyl (C=O) groups excluding carboxylic acids is 1. The van der Waals surface area contributed by atoms with Crippen LogP contribution >= 0.6 is 0 Å². The Morgan fingerprint density at radius 3 is 3.03 bits per heavy atom. The van der Waals surface area contributed by atoms with Crippen molar-refractivity contribution in [1.82, 2.24) is 24.7 Å². The van der Waals surface area contributed by atoms with E-state index in [1.807, 2.05) is 6.07 Å². The van der Waals surface area contributed by atoms with Crippen LogP contribution < -0.4 is 15.5 Å². The number of aryl methyl sites for hydroxylation is 1. The molecule has 0 bridgehead atoms. The van der Waals surface area contributed by atoms with E-state index in [0.29, 0.717) is 28.5 Å². The van der Waals surface area contributed by atoms with E-state index in [1.54, 1.807) is 36.0 Å². The topological polar surface area (TPSA) is 87.5 Å². The van der Waals surface area contributed by atoms with Gasteiger partial charge in [0.2, 0.25) is 0 Å². The number of imidazole rings is 1. The molecule has 1 fully saturated rings. The number of rotatable bonds is 3. The number of piperazine rings is 1. The normalized spacial score (nSPS) is 16.7. The molecule has 1 aromatic carbocycles. The van der Waals surface area contributed by atoms with Crippen molar-refractivity contribution in [1.29, 1.82) is 0 Å². The lowest BCUT2D eigenvalue weighted by molar-refractivity contribution is 0.102. The number of fused-ring (bicyclic) bond motifs is 2. The van der Waals surface area contributed by atoms with Crippen LogP contribution in [-0.4, -0.2) is 50.9 Å². The number of hydrogen-bond donors (Lipinski definition) is 2. The number of nitrogens with zero attached hydrogens (tertiary/aromatic N) is 5. The molecule has 9 heteroatoms. The molecule has 0 saturated carbocycles. The molecule has 0 radical (unpaired) electrons. The van der Waals surface area contributed by atoms with Gasteiger partial charge >= 0.3 is 0 Å². The van der Waals surface area contributed by atoms with Crippen LogP contribution in [0.5, 0.6) is 0 Å². The highest BCUT2D eigenvalue weighted by Crippen LogP contribution is 2.29. The minimum atomic E-state index is -0.499. The van der Waals surface area contributed by atoms with Gasteiger partial charge in [0.1, 0.15) is 6.33 Å². The molecule has 1 atom stereocenters. The number of halogens is 1. The number of nitrogens with one attached hydrogen (secondary N) is 2. The van der Waals surface area contributed by atoms with Gasteiger partial charge in [-0.2, -0.15) is 0 Å². The fourth-order valence-electron chi connectivity index (χ4n) is 4.12. The first kappa shape index (κ1) is 19.4. The molecular formula is C22H22FN7O. The van der Waals surface area contributed by atoms with Gasteiger partial charge in [-0.15, -0.1) is 0 Å². The first-order chi connectivity index (χ1) is 15.0. The molecule has 1 amide bonds. The molecule has 31 heavy (non-hydrogen) atoms. The number of anilines is 2. The Morgan fingerprint density at radius 2 is 2.19 bits per heavy atom. The predicted octanol–water partition coefficient (Wildman–Crippen LogP) is 2.78. The third-order valence-corrected chi connectivity index (χ3v) is 5.49. The van der Waals surface area contributed by atoms with Crippen LogP contribution in [0.2, 0.25) is 0 Å². The highest BCUT2D eigenvalue weighted by atomic mass is 19.1. The van der Waals surface area contributed by atoms with E-state index in [9.17, 15) is 9.18 Å². The Bertz CT molecular complexity index is 1300. The summed E-state index contributed by atoms with van der Waals surface area (Å²) in [7, 11) is 0. The molecule has 0 spiro atoms. The Hall–Kier alpha value is -3.59. The minimum Gasteiger partial charge on any atom is -0.368 e. The van der Waals surface area contributed by atoms with Gasteiger partial charge in [0.15, 0.2) is 11.5 Å². The second-order valence-corrected chi connectivity index (χ2v) is 7.86. The Morgan fingerprint density at radius 1 is 1.32 bits per heavy atom. The zero-order valence-electron chi connectivity index (χ0n) is 17.3. The number of aromatic nitrogens is 4. The summed E-state index contributed by atoms with van der Waals surface area (Å²) in [5.74, 6) is -0.860. The van der Waals surface area contributed by atoms with E-state index in [4.69, 9.17) is 0 Å². The van der Waals surface area contributed by atoms with Crippen molar-refractivity contribution in [3.63, 3.8) is 0 Å². The third kappa shape index (κ3) is 3.57. The highest BCUT2D eigenvalue weighted by molar-refractivity contribution is 6.13. The van der Waals surface area contributed by atoms with E-state index in [-0.39, 0.29) is 11.6 Å². The minimum absolute atomic E-state index is 0.225. The van der Waals surface area contributed by atoms with Crippen LogP contribution in [0.3, 0.4) is 0 Å². The smallest absolute Gasteiger partial charge is 0.257 e. The highest BCUT2D eigenvalue weighted by Gasteiger charge is 2.21. The van der Waals surface area contributed by atoms with Crippen LogP contribution in [-0.2, 0) is 0 Å². The molecule has 3 aromatic heterocycles. The fourth-order valence-corrected chi connectivity index (χ4v) is 4.12. The summed E-state index contributed by atoms with van der Waals surface area (Å²) in [6, 6.07) is 5.34. The van der Waals surface area contributed by atoms with Gasteiger partial charge in [-0.25, -0.2) is 19.3 Å². The van der Waals surface area contributed by atoms with Crippen molar-refractivity contribution < 1.29 is 9.18 Å². The van der Waals surface area contributed by atoms with Crippen molar-refractivity contribution in [2.45, 2.75) is 19.9 Å². The van der Waals surface area contributed by atoms with Crippen molar-refractivity contribution in [3.8, 4) is 0 Å². The Kier molecular flexibility index (Phi) is 4.74. The third-order valence-electron chi connectivity index (χ3n) is 5.49. The van der Waals surface area contributed by atoms with Crippen molar-refractivity contribution in [2.24, 2.45) is 0 Å². The van der Waals surface area contributed by atoms with Gasteiger partial charge in [-0.05, 0) is 26.0 Å². The summed E-state index contributed by atoms with van der Waals surface area (Å²) in [6.45, 7) is 6.55.